The Labute approximate surface area is 253 Å². The van der Waals surface area contributed by atoms with Crippen molar-refractivity contribution in [3.05, 3.63) is 42.1 Å². The molecule has 5 atom stereocenters. The van der Waals surface area contributed by atoms with Crippen LogP contribution in [0.4, 0.5) is 0 Å². The predicted molar refractivity (Wildman–Crippen MR) is 150 cm³/mol. The first-order valence-electron chi connectivity index (χ1n) is 13.8. The molecule has 0 bridgehead atoms. The van der Waals surface area contributed by atoms with Crippen LogP contribution in [0.5, 0.6) is 0 Å². The first kappa shape index (κ1) is 29.7. The maximum absolute atomic E-state index is 13.5. The number of esters is 4. The first-order chi connectivity index (χ1) is 21.4. The Morgan fingerprint density at radius 2 is 1.58 bits per heavy atom. The van der Waals surface area contributed by atoms with Crippen LogP contribution in [0.2, 0.25) is 0 Å². The van der Waals surface area contributed by atoms with Crippen molar-refractivity contribution in [3.8, 4) is 0 Å². The molecule has 0 spiro atoms. The minimum Gasteiger partial charge on any atom is -0.463 e. The van der Waals surface area contributed by atoms with Crippen molar-refractivity contribution in [1.29, 1.82) is 0 Å². The molecule has 1 fully saturated rings. The second kappa shape index (κ2) is 11.0. The molecule has 1 saturated heterocycles. The average Bonchev–Trinajstić information content (AvgIpc) is 3.64. The minimum atomic E-state index is -1.46. The summed E-state index contributed by atoms with van der Waals surface area (Å²) in [5.74, 6) is -4.08. The molecule has 6 rings (SSSR count). The number of hydrogen-bond donors (Lipinski definition) is 0. The Kier molecular flexibility index (Phi) is 7.23. The maximum Gasteiger partial charge on any atom is 0.303 e. The van der Waals surface area contributed by atoms with Crippen LogP contribution in [0, 0.1) is 0 Å². The van der Waals surface area contributed by atoms with E-state index < -0.39 is 72.9 Å². The summed E-state index contributed by atoms with van der Waals surface area (Å²) in [5.41, 5.74) is 1.17. The van der Waals surface area contributed by atoms with Gasteiger partial charge in [0.05, 0.1) is 29.1 Å². The highest BCUT2D eigenvalue weighted by Gasteiger charge is 2.54. The highest BCUT2D eigenvalue weighted by Crippen LogP contribution is 2.44. The number of hydrogen-bond acceptors (Lipinski definition) is 13. The third-order valence-corrected chi connectivity index (χ3v) is 7.62. The zero-order chi connectivity index (χ0) is 32.3. The van der Waals surface area contributed by atoms with E-state index in [-0.39, 0.29) is 16.9 Å². The number of imide groups is 1. The Morgan fingerprint density at radius 3 is 2.24 bits per heavy atom. The van der Waals surface area contributed by atoms with E-state index in [2.05, 4.69) is 9.97 Å². The van der Waals surface area contributed by atoms with Crippen LogP contribution in [-0.4, -0.2) is 97.6 Å². The first-order valence-corrected chi connectivity index (χ1v) is 13.8. The molecule has 2 aliphatic rings. The number of ether oxygens (including phenoxy) is 5. The number of carbonyl (C=O) groups excluding carboxylic acids is 6. The van der Waals surface area contributed by atoms with Gasteiger partial charge in [-0.1, -0.05) is 0 Å². The lowest BCUT2D eigenvalue weighted by atomic mass is 9.97. The number of pyridine rings is 2. The number of rotatable bonds is 6. The zero-order valence-electron chi connectivity index (χ0n) is 24.7. The van der Waals surface area contributed by atoms with E-state index in [1.807, 2.05) is 0 Å². The molecule has 4 aromatic heterocycles. The maximum atomic E-state index is 13.5. The van der Waals surface area contributed by atoms with Crippen molar-refractivity contribution < 1.29 is 52.5 Å². The molecule has 0 aliphatic carbocycles. The number of nitrogens with zero attached hydrogens (tertiary/aromatic N) is 5. The summed E-state index contributed by atoms with van der Waals surface area (Å²) in [6.45, 7) is 4.13. The fraction of sp³-hybridized carbons (Fsp3) is 0.379. The summed E-state index contributed by atoms with van der Waals surface area (Å²) >= 11 is 0. The van der Waals surface area contributed by atoms with Gasteiger partial charge in [-0.2, -0.15) is 0 Å². The van der Waals surface area contributed by atoms with Crippen LogP contribution in [-0.2, 0) is 42.9 Å². The Hall–Kier alpha value is -5.38. The highest BCUT2D eigenvalue weighted by molar-refractivity contribution is 6.31. The van der Waals surface area contributed by atoms with E-state index in [1.165, 1.54) is 37.1 Å². The molecule has 0 radical (unpaired) electrons. The van der Waals surface area contributed by atoms with E-state index in [4.69, 9.17) is 23.7 Å². The van der Waals surface area contributed by atoms with Crippen LogP contribution in [0.15, 0.2) is 30.9 Å². The Balaban J connectivity index is 1.69. The normalized spacial score (nSPS) is 23.0. The quantitative estimate of drug-likeness (QED) is 0.171. The lowest BCUT2D eigenvalue weighted by Crippen LogP contribution is -2.60. The van der Waals surface area contributed by atoms with Crippen molar-refractivity contribution >= 4 is 63.1 Å². The summed E-state index contributed by atoms with van der Waals surface area (Å²) in [5, 5.41) is 0.813. The van der Waals surface area contributed by atoms with Gasteiger partial charge in [0.15, 0.2) is 24.5 Å². The molecule has 0 aromatic carbocycles. The predicted octanol–water partition coefficient (Wildman–Crippen LogP) is 1.32. The van der Waals surface area contributed by atoms with Crippen LogP contribution in [0.3, 0.4) is 0 Å². The molecule has 0 saturated carbocycles. The number of carbonyl (C=O) groups is 6. The topological polar surface area (TPSA) is 187 Å². The number of aromatic nitrogens is 4. The molecule has 6 heterocycles. The molecule has 16 heteroatoms. The second-order valence-electron chi connectivity index (χ2n) is 10.6. The van der Waals surface area contributed by atoms with Crippen molar-refractivity contribution in [2.45, 2.75) is 58.3 Å². The minimum absolute atomic E-state index is 0.102. The average molecular weight is 622 g/mol. The fourth-order valence-electron chi connectivity index (χ4n) is 6.03. The van der Waals surface area contributed by atoms with Crippen LogP contribution in [0.25, 0.3) is 27.5 Å². The lowest BCUT2D eigenvalue weighted by Gasteiger charge is -2.45. The van der Waals surface area contributed by atoms with E-state index in [0.29, 0.717) is 21.8 Å². The molecule has 45 heavy (non-hydrogen) atoms. The van der Waals surface area contributed by atoms with Gasteiger partial charge in [-0.25, -0.2) is 9.97 Å². The smallest absolute Gasteiger partial charge is 0.303 e. The van der Waals surface area contributed by atoms with Gasteiger partial charge < -0.3 is 23.7 Å². The Bertz CT molecular complexity index is 1940. The van der Waals surface area contributed by atoms with Gasteiger partial charge >= 0.3 is 23.9 Å². The fourth-order valence-corrected chi connectivity index (χ4v) is 6.03. The number of imidazole rings is 1. The van der Waals surface area contributed by atoms with Gasteiger partial charge in [0, 0.05) is 51.7 Å². The summed E-state index contributed by atoms with van der Waals surface area (Å²) in [6.07, 6.45) is -2.52. The number of amides is 2. The van der Waals surface area contributed by atoms with Gasteiger partial charge in [0.25, 0.3) is 11.8 Å². The summed E-state index contributed by atoms with van der Waals surface area (Å²) < 4.78 is 31.6. The summed E-state index contributed by atoms with van der Waals surface area (Å²) in [6, 6.07) is 3.35. The largest absolute Gasteiger partial charge is 0.463 e. The molecule has 2 aliphatic heterocycles. The summed E-state index contributed by atoms with van der Waals surface area (Å²) in [4.78, 5) is 85.5. The monoisotopic (exact) mass is 621 g/mol. The van der Waals surface area contributed by atoms with Crippen LogP contribution in [0.1, 0.15) is 54.8 Å². The van der Waals surface area contributed by atoms with Gasteiger partial charge in [-0.3, -0.25) is 42.6 Å². The van der Waals surface area contributed by atoms with Gasteiger partial charge in [0.1, 0.15) is 24.1 Å². The highest BCUT2D eigenvalue weighted by atomic mass is 16.7. The van der Waals surface area contributed by atoms with Crippen LogP contribution >= 0.6 is 0 Å². The molecule has 0 unspecified atom stereocenters. The third-order valence-electron chi connectivity index (χ3n) is 7.62. The van der Waals surface area contributed by atoms with Crippen molar-refractivity contribution in [2.75, 3.05) is 13.7 Å². The standard InChI is InChI=1S/C29H27N5O11/c1-12(35)41-10-18-23(42-13(2)36)24(43-14(3)37)25(44-15(4)38)29(45-18)34-21-17-9-30-11-33(17)22-20(27(39)32(5)28(22)40)19(21)16-7-6-8-31-26(16)34/h6-9,11,18,23-25,29H,10H2,1-5H3/t18-,23-,24+,25-,29-/m1/s1. The molecule has 16 nitrogen and oxygen atoms in total. The third kappa shape index (κ3) is 4.73. The zero-order valence-corrected chi connectivity index (χ0v) is 24.7. The SMILES string of the molecule is CC(=O)OC[C@H]1O[C@@H](n2c3ncccc3c3c4c(n5cncc5c32)C(=O)N(C)C4=O)[C@H](OC(C)=O)[C@@H](OC(C)=O)[C@@H]1OC(C)=O. The van der Waals surface area contributed by atoms with E-state index in [9.17, 15) is 28.8 Å². The molecular weight excluding hydrogens is 594 g/mol. The second-order valence-corrected chi connectivity index (χ2v) is 10.6. The van der Waals surface area contributed by atoms with E-state index >= 15 is 0 Å². The van der Waals surface area contributed by atoms with Gasteiger partial charge in [-0.05, 0) is 12.1 Å². The summed E-state index contributed by atoms with van der Waals surface area (Å²) in [7, 11) is 1.37. The molecule has 0 N–H and O–H groups in total. The molecular formula is C29H27N5O11. The molecule has 4 aromatic rings. The Morgan fingerprint density at radius 1 is 0.911 bits per heavy atom. The van der Waals surface area contributed by atoms with Gasteiger partial charge in [0.2, 0.25) is 0 Å². The van der Waals surface area contributed by atoms with Crippen LogP contribution < -0.4 is 0 Å². The van der Waals surface area contributed by atoms with Gasteiger partial charge in [-0.15, -0.1) is 0 Å². The molecule has 2 amide bonds. The van der Waals surface area contributed by atoms with E-state index in [1.54, 1.807) is 16.7 Å². The van der Waals surface area contributed by atoms with Crippen molar-refractivity contribution in [3.63, 3.8) is 0 Å². The van der Waals surface area contributed by atoms with E-state index in [0.717, 1.165) is 25.7 Å². The van der Waals surface area contributed by atoms with Crippen molar-refractivity contribution in [2.24, 2.45) is 0 Å². The number of fused-ring (bicyclic) bond motifs is 8. The van der Waals surface area contributed by atoms with Crippen molar-refractivity contribution in [1.82, 2.24) is 23.8 Å². The molecule has 234 valence electrons. The lowest BCUT2D eigenvalue weighted by molar-refractivity contribution is -0.267.